The Morgan fingerprint density at radius 1 is 1.68 bits per heavy atom. The van der Waals surface area contributed by atoms with E-state index in [1.165, 1.54) is 25.3 Å². The molecule has 1 aromatic rings. The number of aliphatic hydroxyl groups is 1. The van der Waals surface area contributed by atoms with Gasteiger partial charge in [-0.1, -0.05) is 6.08 Å². The zero-order valence-corrected chi connectivity index (χ0v) is 10.4. The maximum absolute atomic E-state index is 11.9. The molecule has 1 N–H and O–H groups in total. The van der Waals surface area contributed by atoms with Crippen molar-refractivity contribution in [2.45, 2.75) is 11.8 Å². The van der Waals surface area contributed by atoms with E-state index < -0.39 is 22.9 Å². The molecule has 0 bridgehead atoms. The smallest absolute Gasteiger partial charge is 0.320 e. The average Bonchev–Trinajstić information content (AvgIpc) is 2.44. The Kier molecular flexibility index (Phi) is 4.71. The Morgan fingerprint density at radius 3 is 2.74 bits per heavy atom. The summed E-state index contributed by atoms with van der Waals surface area (Å²) in [6.07, 6.45) is 2.60. The van der Waals surface area contributed by atoms with Gasteiger partial charge in [-0.3, -0.25) is 19.9 Å². The van der Waals surface area contributed by atoms with Gasteiger partial charge in [0.15, 0.2) is 0 Å². The summed E-state index contributed by atoms with van der Waals surface area (Å²) in [6.45, 7) is 3.00. The molecule has 0 aliphatic carbocycles. The molecule has 0 aromatic carbocycles. The molecule has 0 aliphatic rings. The standard InChI is InChI=1S/C12H14N2O5/c1-3-6-12(8-15,11(16)19-2)10-5-4-9(7-13-10)14(17)18/h3-5,7,15H,1,6,8H2,2H3. The Balaban J connectivity index is 3.27. The molecule has 7 nitrogen and oxygen atoms in total. The summed E-state index contributed by atoms with van der Waals surface area (Å²) in [7, 11) is 1.20. The van der Waals surface area contributed by atoms with E-state index in [4.69, 9.17) is 0 Å². The van der Waals surface area contributed by atoms with Crippen LogP contribution in [0.2, 0.25) is 0 Å². The molecule has 1 unspecified atom stereocenters. The molecule has 0 aliphatic heterocycles. The molecule has 7 heteroatoms. The van der Waals surface area contributed by atoms with E-state index in [-0.39, 0.29) is 17.8 Å². The Labute approximate surface area is 109 Å². The minimum absolute atomic E-state index is 0.112. The number of esters is 1. The first-order valence-corrected chi connectivity index (χ1v) is 5.43. The van der Waals surface area contributed by atoms with Crippen LogP contribution in [0.5, 0.6) is 0 Å². The quantitative estimate of drug-likeness (QED) is 0.356. The number of methoxy groups -OCH3 is 1. The van der Waals surface area contributed by atoms with Gasteiger partial charge in [0, 0.05) is 6.07 Å². The van der Waals surface area contributed by atoms with Crippen molar-refractivity contribution in [2.75, 3.05) is 13.7 Å². The second kappa shape index (κ2) is 6.05. The highest BCUT2D eigenvalue weighted by Gasteiger charge is 2.41. The monoisotopic (exact) mass is 266 g/mol. The van der Waals surface area contributed by atoms with Gasteiger partial charge in [0.25, 0.3) is 5.69 Å². The number of aliphatic hydroxyl groups excluding tert-OH is 1. The minimum Gasteiger partial charge on any atom is -0.468 e. The van der Waals surface area contributed by atoms with Crippen molar-refractivity contribution in [3.8, 4) is 0 Å². The Bertz CT molecular complexity index is 485. The zero-order chi connectivity index (χ0) is 14.5. The predicted molar refractivity (Wildman–Crippen MR) is 66.5 cm³/mol. The second-order valence-corrected chi connectivity index (χ2v) is 3.88. The van der Waals surface area contributed by atoms with Crippen molar-refractivity contribution in [1.29, 1.82) is 0 Å². The maximum Gasteiger partial charge on any atom is 0.320 e. The molecule has 1 aromatic heterocycles. The lowest BCUT2D eigenvalue weighted by molar-refractivity contribution is -0.385. The van der Waals surface area contributed by atoms with Crippen LogP contribution >= 0.6 is 0 Å². The van der Waals surface area contributed by atoms with Crippen molar-refractivity contribution in [1.82, 2.24) is 4.98 Å². The molecule has 0 saturated heterocycles. The highest BCUT2D eigenvalue weighted by Crippen LogP contribution is 2.29. The van der Waals surface area contributed by atoms with Gasteiger partial charge >= 0.3 is 5.97 Å². The van der Waals surface area contributed by atoms with Crippen molar-refractivity contribution < 1.29 is 19.6 Å². The second-order valence-electron chi connectivity index (χ2n) is 3.88. The van der Waals surface area contributed by atoms with Gasteiger partial charge in [-0.2, -0.15) is 0 Å². The first-order valence-electron chi connectivity index (χ1n) is 5.43. The van der Waals surface area contributed by atoms with Crippen LogP contribution < -0.4 is 0 Å². The fourth-order valence-electron chi connectivity index (χ4n) is 1.72. The SMILES string of the molecule is C=CCC(CO)(C(=O)OC)c1ccc([N+](=O)[O-])cn1. The van der Waals surface area contributed by atoms with E-state index in [9.17, 15) is 20.0 Å². The van der Waals surface area contributed by atoms with Gasteiger partial charge in [0.2, 0.25) is 0 Å². The number of rotatable bonds is 6. The Morgan fingerprint density at radius 2 is 2.37 bits per heavy atom. The fraction of sp³-hybridized carbons (Fsp3) is 0.333. The van der Waals surface area contributed by atoms with E-state index >= 15 is 0 Å². The van der Waals surface area contributed by atoms with Crippen molar-refractivity contribution >= 4 is 11.7 Å². The van der Waals surface area contributed by atoms with Gasteiger partial charge < -0.3 is 9.84 Å². The van der Waals surface area contributed by atoms with Gasteiger partial charge in [-0.25, -0.2) is 0 Å². The van der Waals surface area contributed by atoms with E-state index in [2.05, 4.69) is 16.3 Å². The van der Waals surface area contributed by atoms with Crippen molar-refractivity contribution in [3.63, 3.8) is 0 Å². The third-order valence-corrected chi connectivity index (χ3v) is 2.79. The maximum atomic E-state index is 11.9. The molecule has 0 fully saturated rings. The number of nitrogens with zero attached hydrogens (tertiary/aromatic N) is 2. The van der Waals surface area contributed by atoms with Gasteiger partial charge in [0.1, 0.15) is 11.6 Å². The Hall–Kier alpha value is -2.28. The van der Waals surface area contributed by atoms with Crippen LogP contribution in [-0.2, 0) is 14.9 Å². The van der Waals surface area contributed by atoms with Crippen molar-refractivity contribution in [2.24, 2.45) is 0 Å². The van der Waals surface area contributed by atoms with Crippen LogP contribution in [0.4, 0.5) is 5.69 Å². The molecule has 1 atom stereocenters. The summed E-state index contributed by atoms with van der Waals surface area (Å²) >= 11 is 0. The van der Waals surface area contributed by atoms with Gasteiger partial charge in [-0.05, 0) is 12.5 Å². The molecule has 1 heterocycles. The summed E-state index contributed by atoms with van der Waals surface area (Å²) in [4.78, 5) is 25.7. The normalized spacial score (nSPS) is 13.4. The first kappa shape index (κ1) is 14.8. The molecular weight excluding hydrogens is 252 g/mol. The van der Waals surface area contributed by atoms with Crippen LogP contribution in [0.25, 0.3) is 0 Å². The largest absolute Gasteiger partial charge is 0.468 e. The van der Waals surface area contributed by atoms with Gasteiger partial charge in [0.05, 0.1) is 24.3 Å². The van der Waals surface area contributed by atoms with Crippen molar-refractivity contribution in [3.05, 3.63) is 46.8 Å². The number of hydrogen-bond donors (Lipinski definition) is 1. The summed E-state index contributed by atoms with van der Waals surface area (Å²) < 4.78 is 4.67. The first-order chi connectivity index (χ1) is 9.01. The molecule has 1 rings (SSSR count). The van der Waals surface area contributed by atoms with Crippen LogP contribution in [0, 0.1) is 10.1 Å². The van der Waals surface area contributed by atoms with E-state index in [1.807, 2.05) is 0 Å². The number of hydrogen-bond acceptors (Lipinski definition) is 6. The summed E-state index contributed by atoms with van der Waals surface area (Å²) in [5.41, 5.74) is -1.38. The number of nitro groups is 1. The average molecular weight is 266 g/mol. The fourth-order valence-corrected chi connectivity index (χ4v) is 1.72. The van der Waals surface area contributed by atoms with Crippen LogP contribution in [0.15, 0.2) is 31.0 Å². The lowest BCUT2D eigenvalue weighted by Gasteiger charge is -2.26. The van der Waals surface area contributed by atoms with E-state index in [0.717, 1.165) is 6.20 Å². The third kappa shape index (κ3) is 2.76. The number of pyridine rings is 1. The summed E-state index contributed by atoms with van der Waals surface area (Å²) in [5, 5.41) is 20.1. The molecule has 102 valence electrons. The summed E-state index contributed by atoms with van der Waals surface area (Å²) in [5.74, 6) is -0.670. The van der Waals surface area contributed by atoms with Crippen LogP contribution in [0.3, 0.4) is 0 Å². The number of carbonyl (C=O) groups excluding carboxylic acids is 1. The molecular formula is C12H14N2O5. The summed E-state index contributed by atoms with van der Waals surface area (Å²) in [6, 6.07) is 2.55. The van der Waals surface area contributed by atoms with E-state index in [0.29, 0.717) is 0 Å². The number of ether oxygens (including phenoxy) is 1. The number of allylic oxidation sites excluding steroid dienone is 1. The molecule has 0 radical (unpaired) electrons. The zero-order valence-electron chi connectivity index (χ0n) is 10.4. The topological polar surface area (TPSA) is 103 Å². The predicted octanol–water partition coefficient (Wildman–Crippen LogP) is 0.969. The lowest BCUT2D eigenvalue weighted by atomic mass is 9.81. The highest BCUT2D eigenvalue weighted by atomic mass is 16.6. The number of aromatic nitrogens is 1. The highest BCUT2D eigenvalue weighted by molar-refractivity contribution is 5.83. The van der Waals surface area contributed by atoms with Crippen LogP contribution in [0.1, 0.15) is 12.1 Å². The van der Waals surface area contributed by atoms with E-state index in [1.54, 1.807) is 0 Å². The molecule has 19 heavy (non-hydrogen) atoms. The molecule has 0 saturated carbocycles. The minimum atomic E-state index is -1.38. The lowest BCUT2D eigenvalue weighted by Crippen LogP contribution is -2.41. The molecule has 0 spiro atoms. The third-order valence-electron chi connectivity index (χ3n) is 2.79. The molecule has 0 amide bonds. The van der Waals surface area contributed by atoms with Crippen LogP contribution in [-0.4, -0.2) is 34.7 Å². The van der Waals surface area contributed by atoms with Gasteiger partial charge in [-0.15, -0.1) is 6.58 Å². The number of carbonyl (C=O) groups is 1.